The van der Waals surface area contributed by atoms with Crippen molar-refractivity contribution in [3.63, 3.8) is 0 Å². The lowest BCUT2D eigenvalue weighted by Crippen LogP contribution is -2.11. The quantitative estimate of drug-likeness (QED) is 0.537. The topological polar surface area (TPSA) is 112 Å². The number of fused-ring (bicyclic) bond motifs is 1. The summed E-state index contributed by atoms with van der Waals surface area (Å²) >= 11 is 0. The predicted octanol–water partition coefficient (Wildman–Crippen LogP) is 2.59. The van der Waals surface area contributed by atoms with E-state index in [1.54, 1.807) is 18.6 Å². The molecule has 0 radical (unpaired) electrons. The molecule has 8 nitrogen and oxygen atoms in total. The van der Waals surface area contributed by atoms with Crippen molar-refractivity contribution < 1.29 is 4.79 Å². The molecule has 4 aromatic rings. The third-order valence-corrected chi connectivity index (χ3v) is 4.39. The van der Waals surface area contributed by atoms with Crippen LogP contribution in [-0.4, -0.2) is 30.4 Å². The van der Waals surface area contributed by atoms with Crippen molar-refractivity contribution in [2.45, 2.75) is 12.8 Å². The molecule has 3 aromatic heterocycles. The Morgan fingerprint density at radius 1 is 1.18 bits per heavy atom. The average molecular weight is 373 g/mol. The molecule has 0 aliphatic heterocycles. The summed E-state index contributed by atoms with van der Waals surface area (Å²) in [6, 6.07) is 11.6. The standard InChI is InChI=1S/C20H19N7O/c1-27-18(14-7-9-22-10-8-14)25-16-12-23-20(26-19(16)27)24-15-4-2-3-13(11-15)5-6-17(21)28/h2-4,7-12H,5-6H2,1H3,(H2,21,28)(H,23,24,26). The van der Waals surface area contributed by atoms with Crippen molar-refractivity contribution in [2.75, 3.05) is 5.32 Å². The molecule has 0 aliphatic carbocycles. The van der Waals surface area contributed by atoms with E-state index < -0.39 is 0 Å². The Kier molecular flexibility index (Phi) is 4.67. The number of aromatic nitrogens is 5. The summed E-state index contributed by atoms with van der Waals surface area (Å²) in [5.74, 6) is 0.967. The second-order valence-electron chi connectivity index (χ2n) is 6.42. The van der Waals surface area contributed by atoms with Gasteiger partial charge in [-0.1, -0.05) is 12.1 Å². The van der Waals surface area contributed by atoms with Crippen LogP contribution >= 0.6 is 0 Å². The van der Waals surface area contributed by atoms with Gasteiger partial charge < -0.3 is 15.6 Å². The third kappa shape index (κ3) is 3.66. The number of carbonyl (C=O) groups excluding carboxylic acids is 1. The fourth-order valence-corrected chi connectivity index (χ4v) is 3.00. The van der Waals surface area contributed by atoms with Gasteiger partial charge in [-0.05, 0) is 36.2 Å². The molecule has 3 N–H and O–H groups in total. The molecular weight excluding hydrogens is 354 g/mol. The van der Waals surface area contributed by atoms with Crippen LogP contribution in [0.5, 0.6) is 0 Å². The number of pyridine rings is 1. The number of carbonyl (C=O) groups is 1. The van der Waals surface area contributed by atoms with E-state index in [1.807, 2.05) is 48.0 Å². The summed E-state index contributed by atoms with van der Waals surface area (Å²) in [6.07, 6.45) is 6.09. The van der Waals surface area contributed by atoms with Gasteiger partial charge in [-0.25, -0.2) is 9.97 Å². The van der Waals surface area contributed by atoms with Crippen LogP contribution in [0.15, 0.2) is 55.0 Å². The first kappa shape index (κ1) is 17.6. The van der Waals surface area contributed by atoms with Gasteiger partial charge in [-0.2, -0.15) is 4.98 Å². The third-order valence-electron chi connectivity index (χ3n) is 4.39. The molecule has 0 bridgehead atoms. The fourth-order valence-electron chi connectivity index (χ4n) is 3.00. The molecule has 0 saturated carbocycles. The summed E-state index contributed by atoms with van der Waals surface area (Å²) in [6.45, 7) is 0. The molecule has 3 heterocycles. The Bertz CT molecular complexity index is 1140. The van der Waals surface area contributed by atoms with Gasteiger partial charge in [0.1, 0.15) is 11.3 Å². The second kappa shape index (κ2) is 7.43. The first-order chi connectivity index (χ1) is 13.6. The maximum absolute atomic E-state index is 11.0. The molecule has 8 heteroatoms. The lowest BCUT2D eigenvalue weighted by atomic mass is 10.1. The number of nitrogens with zero attached hydrogens (tertiary/aromatic N) is 5. The molecule has 140 valence electrons. The van der Waals surface area contributed by atoms with Crippen LogP contribution in [0, 0.1) is 0 Å². The Hall–Kier alpha value is -3.81. The highest BCUT2D eigenvalue weighted by molar-refractivity contribution is 5.77. The Balaban J connectivity index is 1.61. The number of imidazole rings is 1. The van der Waals surface area contributed by atoms with Crippen molar-refractivity contribution >= 4 is 28.7 Å². The number of anilines is 2. The normalized spacial score (nSPS) is 10.9. The van der Waals surface area contributed by atoms with Crippen molar-refractivity contribution in [1.29, 1.82) is 0 Å². The van der Waals surface area contributed by atoms with Gasteiger partial charge in [0.05, 0.1) is 6.20 Å². The Labute approximate surface area is 161 Å². The first-order valence-electron chi connectivity index (χ1n) is 8.84. The van der Waals surface area contributed by atoms with Crippen LogP contribution < -0.4 is 11.1 Å². The number of hydrogen-bond acceptors (Lipinski definition) is 6. The van der Waals surface area contributed by atoms with E-state index in [9.17, 15) is 4.79 Å². The van der Waals surface area contributed by atoms with Gasteiger partial charge >= 0.3 is 0 Å². The van der Waals surface area contributed by atoms with Crippen molar-refractivity contribution in [2.24, 2.45) is 12.8 Å². The van der Waals surface area contributed by atoms with Crippen LogP contribution in [0.4, 0.5) is 11.6 Å². The largest absolute Gasteiger partial charge is 0.370 e. The van der Waals surface area contributed by atoms with Gasteiger partial charge in [0.25, 0.3) is 0 Å². The minimum atomic E-state index is -0.312. The zero-order valence-corrected chi connectivity index (χ0v) is 15.3. The average Bonchev–Trinajstić information content (AvgIpc) is 3.04. The molecule has 0 saturated heterocycles. The van der Waals surface area contributed by atoms with Gasteiger partial charge in [0.15, 0.2) is 5.65 Å². The van der Waals surface area contributed by atoms with Crippen molar-refractivity contribution in [3.05, 3.63) is 60.6 Å². The minimum absolute atomic E-state index is 0.312. The SMILES string of the molecule is Cn1c(-c2ccncc2)nc2cnc(Nc3cccc(CCC(N)=O)c3)nc21. The summed E-state index contributed by atoms with van der Waals surface area (Å²) in [7, 11) is 1.92. The monoisotopic (exact) mass is 373 g/mol. The zero-order chi connectivity index (χ0) is 19.5. The summed E-state index contributed by atoms with van der Waals surface area (Å²) in [5.41, 5.74) is 9.50. The highest BCUT2D eigenvalue weighted by Crippen LogP contribution is 2.23. The van der Waals surface area contributed by atoms with E-state index in [1.165, 1.54) is 0 Å². The van der Waals surface area contributed by atoms with Crippen LogP contribution in [0.3, 0.4) is 0 Å². The maximum Gasteiger partial charge on any atom is 0.229 e. The number of primary amides is 1. The lowest BCUT2D eigenvalue weighted by Gasteiger charge is -2.07. The first-order valence-corrected chi connectivity index (χ1v) is 8.84. The molecule has 28 heavy (non-hydrogen) atoms. The summed E-state index contributed by atoms with van der Waals surface area (Å²) < 4.78 is 1.93. The van der Waals surface area contributed by atoms with Gasteiger partial charge in [0.2, 0.25) is 11.9 Å². The number of nitrogens with one attached hydrogen (secondary N) is 1. The summed E-state index contributed by atoms with van der Waals surface area (Å²) in [5, 5.41) is 3.21. The predicted molar refractivity (Wildman–Crippen MR) is 107 cm³/mol. The Morgan fingerprint density at radius 3 is 2.79 bits per heavy atom. The van der Waals surface area contributed by atoms with Crippen molar-refractivity contribution in [3.8, 4) is 11.4 Å². The molecule has 1 amide bonds. The maximum atomic E-state index is 11.0. The smallest absolute Gasteiger partial charge is 0.229 e. The molecule has 1 aromatic carbocycles. The number of rotatable bonds is 6. The zero-order valence-electron chi connectivity index (χ0n) is 15.3. The van der Waals surface area contributed by atoms with Crippen molar-refractivity contribution in [1.82, 2.24) is 24.5 Å². The highest BCUT2D eigenvalue weighted by Gasteiger charge is 2.12. The Morgan fingerprint density at radius 2 is 2.00 bits per heavy atom. The van der Waals surface area contributed by atoms with E-state index in [4.69, 9.17) is 5.73 Å². The summed E-state index contributed by atoms with van der Waals surface area (Å²) in [4.78, 5) is 28.6. The van der Waals surface area contributed by atoms with Crippen LogP contribution in [-0.2, 0) is 18.3 Å². The lowest BCUT2D eigenvalue weighted by molar-refractivity contribution is -0.117. The number of benzene rings is 1. The molecular formula is C20H19N7O. The van der Waals surface area contributed by atoms with Gasteiger partial charge in [-0.15, -0.1) is 0 Å². The van der Waals surface area contributed by atoms with E-state index in [0.717, 1.165) is 33.8 Å². The van der Waals surface area contributed by atoms with Crippen LogP contribution in [0.1, 0.15) is 12.0 Å². The van der Waals surface area contributed by atoms with E-state index in [0.29, 0.717) is 18.8 Å². The number of aryl methyl sites for hydroxylation is 2. The molecule has 0 aliphatic rings. The fraction of sp³-hybridized carbons (Fsp3) is 0.150. The van der Waals surface area contributed by atoms with E-state index in [2.05, 4.69) is 25.3 Å². The number of amides is 1. The van der Waals surface area contributed by atoms with Crippen LogP contribution in [0.2, 0.25) is 0 Å². The van der Waals surface area contributed by atoms with Gasteiger partial charge in [-0.3, -0.25) is 9.78 Å². The van der Waals surface area contributed by atoms with Gasteiger partial charge in [0, 0.05) is 37.1 Å². The number of hydrogen-bond donors (Lipinski definition) is 2. The molecule has 4 rings (SSSR count). The van der Waals surface area contributed by atoms with E-state index in [-0.39, 0.29) is 5.91 Å². The van der Waals surface area contributed by atoms with E-state index >= 15 is 0 Å². The number of nitrogens with two attached hydrogens (primary N) is 1. The molecule has 0 fully saturated rings. The minimum Gasteiger partial charge on any atom is -0.370 e. The second-order valence-corrected chi connectivity index (χ2v) is 6.42. The highest BCUT2D eigenvalue weighted by atomic mass is 16.1. The molecule has 0 spiro atoms. The molecule has 0 unspecified atom stereocenters. The molecule has 0 atom stereocenters. The van der Waals surface area contributed by atoms with Crippen LogP contribution in [0.25, 0.3) is 22.6 Å².